The Morgan fingerprint density at radius 2 is 1.75 bits per heavy atom. The molecular formula is C23H29N3O4S2. The molecule has 1 aliphatic rings. The third kappa shape index (κ3) is 6.34. The number of amides is 2. The zero-order chi connectivity index (χ0) is 23.0. The summed E-state index contributed by atoms with van der Waals surface area (Å²) in [6.07, 6.45) is 3.61. The van der Waals surface area contributed by atoms with E-state index in [1.807, 2.05) is 24.5 Å². The second-order valence-electron chi connectivity index (χ2n) is 7.71. The summed E-state index contributed by atoms with van der Waals surface area (Å²) >= 11 is 1.60. The first-order chi connectivity index (χ1) is 15.4. The van der Waals surface area contributed by atoms with Crippen LogP contribution in [0, 0.1) is 5.92 Å². The van der Waals surface area contributed by atoms with Crippen molar-refractivity contribution in [3.63, 3.8) is 0 Å². The Balaban J connectivity index is 1.66. The molecule has 1 aliphatic heterocycles. The molecule has 0 saturated carbocycles. The molecule has 0 radical (unpaired) electrons. The van der Waals surface area contributed by atoms with Gasteiger partial charge in [-0.3, -0.25) is 9.59 Å². The number of piperidine rings is 1. The zero-order valence-corrected chi connectivity index (χ0v) is 19.7. The number of rotatable bonds is 9. The number of hydrogen-bond donors (Lipinski definition) is 2. The van der Waals surface area contributed by atoms with E-state index in [9.17, 15) is 18.0 Å². The van der Waals surface area contributed by atoms with E-state index < -0.39 is 22.0 Å². The molecule has 0 aliphatic carbocycles. The molecule has 9 heteroatoms. The lowest BCUT2D eigenvalue weighted by molar-refractivity contribution is -0.130. The maximum absolute atomic E-state index is 13.0. The van der Waals surface area contributed by atoms with Gasteiger partial charge in [-0.2, -0.15) is 16.1 Å². The van der Waals surface area contributed by atoms with Crippen molar-refractivity contribution < 1.29 is 18.0 Å². The average Bonchev–Trinajstić information content (AvgIpc) is 2.82. The molecule has 7 nitrogen and oxygen atoms in total. The van der Waals surface area contributed by atoms with Crippen molar-refractivity contribution in [2.24, 2.45) is 5.92 Å². The standard InChI is InChI=1S/C23H29N3O4S2/c1-31-16-14-21(23(28)24-19-10-4-2-5-11-19)25-22(27)18-9-8-15-26(17-18)32(29,30)20-12-6-3-7-13-20/h2-7,10-13,18,21H,8-9,14-17H2,1H3,(H,24,28)(H,25,27)/t18-,21+/m1/s1. The highest BCUT2D eigenvalue weighted by Crippen LogP contribution is 2.24. The number of nitrogens with one attached hydrogen (secondary N) is 2. The lowest BCUT2D eigenvalue weighted by Gasteiger charge is -2.32. The molecule has 0 aromatic heterocycles. The monoisotopic (exact) mass is 475 g/mol. The Labute approximate surface area is 194 Å². The minimum Gasteiger partial charge on any atom is -0.344 e. The fraction of sp³-hybridized carbons (Fsp3) is 0.391. The van der Waals surface area contributed by atoms with Crippen molar-refractivity contribution in [2.75, 3.05) is 30.4 Å². The van der Waals surface area contributed by atoms with Gasteiger partial charge >= 0.3 is 0 Å². The van der Waals surface area contributed by atoms with E-state index in [1.54, 1.807) is 54.2 Å². The summed E-state index contributed by atoms with van der Waals surface area (Å²) in [5.41, 5.74) is 0.665. The van der Waals surface area contributed by atoms with Gasteiger partial charge in [-0.25, -0.2) is 8.42 Å². The minimum atomic E-state index is -3.66. The molecule has 2 aromatic carbocycles. The largest absolute Gasteiger partial charge is 0.344 e. The second-order valence-corrected chi connectivity index (χ2v) is 10.6. The van der Waals surface area contributed by atoms with Crippen LogP contribution in [-0.2, 0) is 19.6 Å². The predicted molar refractivity (Wildman–Crippen MR) is 128 cm³/mol. The number of anilines is 1. The number of carbonyl (C=O) groups is 2. The van der Waals surface area contributed by atoms with Crippen LogP contribution in [0.4, 0.5) is 5.69 Å². The number of nitrogens with zero attached hydrogens (tertiary/aromatic N) is 1. The summed E-state index contributed by atoms with van der Waals surface area (Å²) in [5, 5.41) is 5.71. The highest BCUT2D eigenvalue weighted by molar-refractivity contribution is 7.98. The van der Waals surface area contributed by atoms with E-state index in [0.717, 1.165) is 0 Å². The van der Waals surface area contributed by atoms with Gasteiger partial charge in [-0.15, -0.1) is 0 Å². The first-order valence-corrected chi connectivity index (χ1v) is 13.5. The predicted octanol–water partition coefficient (Wildman–Crippen LogP) is 2.96. The number of benzene rings is 2. The summed E-state index contributed by atoms with van der Waals surface area (Å²) in [5.74, 6) is -0.342. The molecule has 3 rings (SSSR count). The van der Waals surface area contributed by atoms with Gasteiger partial charge in [0.15, 0.2) is 0 Å². The minimum absolute atomic E-state index is 0.110. The lowest BCUT2D eigenvalue weighted by Crippen LogP contribution is -2.50. The number of thioether (sulfide) groups is 1. The lowest BCUT2D eigenvalue weighted by atomic mass is 9.98. The van der Waals surface area contributed by atoms with Gasteiger partial charge in [-0.05, 0) is 55.5 Å². The molecule has 0 spiro atoms. The normalized spacial score (nSPS) is 18.0. The Kier molecular flexibility index (Phi) is 8.72. The van der Waals surface area contributed by atoms with Gasteiger partial charge in [0.1, 0.15) is 6.04 Å². The number of hydrogen-bond acceptors (Lipinski definition) is 5. The van der Waals surface area contributed by atoms with Crippen LogP contribution in [0.3, 0.4) is 0 Å². The Morgan fingerprint density at radius 3 is 2.41 bits per heavy atom. The van der Waals surface area contributed by atoms with Crippen LogP contribution in [0.5, 0.6) is 0 Å². The molecule has 2 aromatic rings. The topological polar surface area (TPSA) is 95.6 Å². The van der Waals surface area contributed by atoms with Crippen LogP contribution in [0.2, 0.25) is 0 Å². The quantitative estimate of drug-likeness (QED) is 0.581. The molecule has 2 N–H and O–H groups in total. The molecule has 1 heterocycles. The molecule has 2 atom stereocenters. The van der Waals surface area contributed by atoms with E-state index in [4.69, 9.17) is 0 Å². The third-order valence-electron chi connectivity index (χ3n) is 5.42. The number of sulfonamides is 1. The molecule has 1 fully saturated rings. The third-order valence-corrected chi connectivity index (χ3v) is 7.94. The van der Waals surface area contributed by atoms with Crippen LogP contribution < -0.4 is 10.6 Å². The molecule has 0 bridgehead atoms. The smallest absolute Gasteiger partial charge is 0.246 e. The van der Waals surface area contributed by atoms with Crippen molar-refractivity contribution in [1.82, 2.24) is 9.62 Å². The van der Waals surface area contributed by atoms with Crippen LogP contribution in [-0.4, -0.2) is 55.7 Å². The first-order valence-electron chi connectivity index (χ1n) is 10.6. The van der Waals surface area contributed by atoms with Crippen LogP contribution >= 0.6 is 11.8 Å². The van der Waals surface area contributed by atoms with Gasteiger partial charge < -0.3 is 10.6 Å². The molecule has 32 heavy (non-hydrogen) atoms. The van der Waals surface area contributed by atoms with Gasteiger partial charge in [0.2, 0.25) is 21.8 Å². The highest BCUT2D eigenvalue weighted by Gasteiger charge is 2.34. The fourth-order valence-corrected chi connectivity index (χ4v) is 5.68. The summed E-state index contributed by atoms with van der Waals surface area (Å²) in [6, 6.07) is 16.7. The summed E-state index contributed by atoms with van der Waals surface area (Å²) < 4.78 is 27.3. The van der Waals surface area contributed by atoms with E-state index >= 15 is 0 Å². The van der Waals surface area contributed by atoms with Crippen molar-refractivity contribution >= 4 is 39.3 Å². The maximum Gasteiger partial charge on any atom is 0.246 e. The van der Waals surface area contributed by atoms with Gasteiger partial charge in [0, 0.05) is 18.8 Å². The van der Waals surface area contributed by atoms with Crippen molar-refractivity contribution in [3.05, 3.63) is 60.7 Å². The van der Waals surface area contributed by atoms with Crippen LogP contribution in [0.1, 0.15) is 19.3 Å². The van der Waals surface area contributed by atoms with Crippen LogP contribution in [0.15, 0.2) is 65.6 Å². The summed E-state index contributed by atoms with van der Waals surface area (Å²) in [4.78, 5) is 26.0. The molecule has 2 amide bonds. The first kappa shape index (κ1) is 24.3. The van der Waals surface area contributed by atoms with E-state index in [1.165, 1.54) is 4.31 Å². The number of carbonyl (C=O) groups excluding carboxylic acids is 2. The Hall–Kier alpha value is -2.36. The van der Waals surface area contributed by atoms with Crippen molar-refractivity contribution in [2.45, 2.75) is 30.2 Å². The van der Waals surface area contributed by atoms with E-state index in [-0.39, 0.29) is 23.3 Å². The molecule has 0 unspecified atom stereocenters. The van der Waals surface area contributed by atoms with E-state index in [2.05, 4.69) is 10.6 Å². The van der Waals surface area contributed by atoms with Gasteiger partial charge in [0.05, 0.1) is 10.8 Å². The fourth-order valence-electron chi connectivity index (χ4n) is 3.66. The molecule has 1 saturated heterocycles. The van der Waals surface area contributed by atoms with Crippen LogP contribution in [0.25, 0.3) is 0 Å². The van der Waals surface area contributed by atoms with Gasteiger partial charge in [0.25, 0.3) is 0 Å². The van der Waals surface area contributed by atoms with Gasteiger partial charge in [-0.1, -0.05) is 36.4 Å². The Morgan fingerprint density at radius 1 is 1.09 bits per heavy atom. The second kappa shape index (κ2) is 11.5. The SMILES string of the molecule is CSCC[C@H](NC(=O)[C@@H]1CCCN(S(=O)(=O)c2ccccc2)C1)C(=O)Nc1ccccc1. The van der Waals surface area contributed by atoms with E-state index in [0.29, 0.717) is 37.2 Å². The maximum atomic E-state index is 13.0. The highest BCUT2D eigenvalue weighted by atomic mass is 32.2. The van der Waals surface area contributed by atoms with Crippen molar-refractivity contribution in [3.8, 4) is 0 Å². The summed E-state index contributed by atoms with van der Waals surface area (Å²) in [6.45, 7) is 0.490. The van der Waals surface area contributed by atoms with Crippen molar-refractivity contribution in [1.29, 1.82) is 0 Å². The Bertz CT molecular complexity index is 1000. The number of para-hydroxylation sites is 1. The zero-order valence-electron chi connectivity index (χ0n) is 18.1. The summed E-state index contributed by atoms with van der Waals surface area (Å²) in [7, 11) is -3.66. The molecular weight excluding hydrogens is 446 g/mol. The molecule has 172 valence electrons. The average molecular weight is 476 g/mol.